The highest BCUT2D eigenvalue weighted by Gasteiger charge is 2.32. The Morgan fingerprint density at radius 3 is 2.84 bits per heavy atom. The van der Waals surface area contributed by atoms with Gasteiger partial charge in [-0.05, 0) is 38.7 Å². The highest BCUT2D eigenvalue weighted by Crippen LogP contribution is 2.32. The van der Waals surface area contributed by atoms with E-state index < -0.39 is 0 Å². The van der Waals surface area contributed by atoms with Gasteiger partial charge in [0.15, 0.2) is 0 Å². The van der Waals surface area contributed by atoms with Gasteiger partial charge in [0.25, 0.3) is 0 Å². The molecule has 0 spiro atoms. The summed E-state index contributed by atoms with van der Waals surface area (Å²) < 4.78 is 5.04. The van der Waals surface area contributed by atoms with E-state index in [2.05, 4.69) is 31.2 Å². The molecule has 1 aromatic heterocycles. The maximum absolute atomic E-state index is 12.8. The average Bonchev–Trinajstić information content (AvgIpc) is 3.27. The van der Waals surface area contributed by atoms with E-state index in [-0.39, 0.29) is 17.7 Å². The molecule has 0 N–H and O–H groups in total. The third kappa shape index (κ3) is 4.83. The number of aryl methyl sites for hydroxylation is 2. The van der Waals surface area contributed by atoms with Crippen LogP contribution in [0.15, 0.2) is 24.3 Å². The van der Waals surface area contributed by atoms with E-state index in [4.69, 9.17) is 14.7 Å². The lowest BCUT2D eigenvalue weighted by atomic mass is 10.0. The highest BCUT2D eigenvalue weighted by molar-refractivity contribution is 5.95. The fraction of sp³-hybridized carbons (Fsp3) is 0.520. The van der Waals surface area contributed by atoms with Gasteiger partial charge >= 0.3 is 0 Å². The number of hydrogen-bond donors (Lipinski definition) is 0. The smallest absolute Gasteiger partial charge is 0.228 e. The number of aromatic nitrogens is 2. The summed E-state index contributed by atoms with van der Waals surface area (Å²) in [4.78, 5) is 38.6. The molecule has 170 valence electrons. The van der Waals surface area contributed by atoms with Crippen LogP contribution in [0.4, 0.5) is 5.82 Å². The largest absolute Gasteiger partial charge is 0.384 e. The molecule has 2 aliphatic rings. The minimum absolute atomic E-state index is 0.0983. The number of amides is 2. The molecule has 7 nitrogen and oxygen atoms in total. The molecule has 1 atom stereocenters. The van der Waals surface area contributed by atoms with E-state index >= 15 is 0 Å². The summed E-state index contributed by atoms with van der Waals surface area (Å²) in [6.45, 7) is 6.47. The average molecular weight is 437 g/mol. The van der Waals surface area contributed by atoms with Gasteiger partial charge in [0.05, 0.1) is 13.0 Å². The first-order chi connectivity index (χ1) is 15.5. The zero-order chi connectivity index (χ0) is 22.7. The van der Waals surface area contributed by atoms with Crippen LogP contribution in [0.2, 0.25) is 0 Å². The van der Waals surface area contributed by atoms with E-state index in [9.17, 15) is 9.59 Å². The SMILES string of the molecule is COCCC(=O)N1CC[C@@H](c2nc(C)c3c(n2)N(CCc2cccc(C)c2)C(=O)CC3)C1. The number of benzene rings is 1. The zero-order valence-corrected chi connectivity index (χ0v) is 19.3. The quantitative estimate of drug-likeness (QED) is 0.667. The van der Waals surface area contributed by atoms with Crippen LogP contribution in [0.3, 0.4) is 0 Å². The predicted molar refractivity (Wildman–Crippen MR) is 123 cm³/mol. The van der Waals surface area contributed by atoms with Crippen LogP contribution in [-0.4, -0.2) is 60.0 Å². The molecular formula is C25H32N4O3. The van der Waals surface area contributed by atoms with Crippen molar-refractivity contribution in [2.45, 2.75) is 51.9 Å². The van der Waals surface area contributed by atoms with Crippen molar-refractivity contribution in [2.24, 2.45) is 0 Å². The van der Waals surface area contributed by atoms with E-state index in [1.165, 1.54) is 11.1 Å². The third-order valence-electron chi connectivity index (χ3n) is 6.49. The van der Waals surface area contributed by atoms with Gasteiger partial charge in [-0.1, -0.05) is 29.8 Å². The molecule has 0 radical (unpaired) electrons. The number of likely N-dealkylation sites (tertiary alicyclic amines) is 1. The Bertz CT molecular complexity index is 1010. The Balaban J connectivity index is 1.53. The molecule has 2 aliphatic heterocycles. The van der Waals surface area contributed by atoms with Crippen molar-refractivity contribution >= 4 is 17.6 Å². The van der Waals surface area contributed by atoms with E-state index in [0.29, 0.717) is 45.5 Å². The summed E-state index contributed by atoms with van der Waals surface area (Å²) in [5.41, 5.74) is 4.46. The number of carbonyl (C=O) groups is 2. The molecule has 1 saturated heterocycles. The normalized spacial score (nSPS) is 18.2. The van der Waals surface area contributed by atoms with Gasteiger partial charge in [0, 0.05) is 50.3 Å². The van der Waals surface area contributed by atoms with Gasteiger partial charge in [-0.25, -0.2) is 9.97 Å². The summed E-state index contributed by atoms with van der Waals surface area (Å²) >= 11 is 0. The maximum atomic E-state index is 12.8. The number of rotatable bonds is 7. The minimum atomic E-state index is 0.0983. The van der Waals surface area contributed by atoms with Crippen molar-refractivity contribution in [3.05, 3.63) is 52.5 Å². The van der Waals surface area contributed by atoms with Crippen LogP contribution < -0.4 is 4.90 Å². The second-order valence-electron chi connectivity index (χ2n) is 8.82. The molecule has 1 aromatic carbocycles. The lowest BCUT2D eigenvalue weighted by Gasteiger charge is -2.30. The van der Waals surface area contributed by atoms with Gasteiger partial charge < -0.3 is 9.64 Å². The van der Waals surface area contributed by atoms with Gasteiger partial charge in [-0.15, -0.1) is 0 Å². The lowest BCUT2D eigenvalue weighted by Crippen LogP contribution is -2.38. The van der Waals surface area contributed by atoms with Gasteiger partial charge in [0.1, 0.15) is 11.6 Å². The standard InChI is InChI=1S/C25H32N4O3/c1-17-5-4-6-19(15-17)9-13-29-23(31)8-7-21-18(2)26-24(27-25(21)29)20-10-12-28(16-20)22(30)11-14-32-3/h4-6,15,20H,7-14,16H2,1-3H3/t20-/m1/s1. The summed E-state index contributed by atoms with van der Waals surface area (Å²) in [5.74, 6) is 1.84. The molecule has 1 fully saturated rings. The minimum Gasteiger partial charge on any atom is -0.384 e. The number of fused-ring (bicyclic) bond motifs is 1. The second-order valence-corrected chi connectivity index (χ2v) is 8.82. The monoisotopic (exact) mass is 436 g/mol. The number of hydrogen-bond acceptors (Lipinski definition) is 5. The fourth-order valence-corrected chi connectivity index (χ4v) is 4.67. The van der Waals surface area contributed by atoms with Gasteiger partial charge in [-0.3, -0.25) is 14.5 Å². The van der Waals surface area contributed by atoms with Crippen molar-refractivity contribution in [3.63, 3.8) is 0 Å². The molecule has 0 unspecified atom stereocenters. The Hall–Kier alpha value is -2.80. The van der Waals surface area contributed by atoms with Gasteiger partial charge in [0.2, 0.25) is 11.8 Å². The highest BCUT2D eigenvalue weighted by atomic mass is 16.5. The lowest BCUT2D eigenvalue weighted by molar-refractivity contribution is -0.131. The zero-order valence-electron chi connectivity index (χ0n) is 19.3. The Kier molecular flexibility index (Phi) is 6.84. The Morgan fingerprint density at radius 2 is 2.06 bits per heavy atom. The van der Waals surface area contributed by atoms with Gasteiger partial charge in [-0.2, -0.15) is 0 Å². The number of methoxy groups -OCH3 is 1. The number of nitrogens with zero attached hydrogens (tertiary/aromatic N) is 4. The molecule has 4 rings (SSSR count). The van der Waals surface area contributed by atoms with Crippen molar-refractivity contribution in [1.29, 1.82) is 0 Å². The number of anilines is 1. The summed E-state index contributed by atoms with van der Waals surface area (Å²) in [7, 11) is 1.61. The van der Waals surface area contributed by atoms with Crippen LogP contribution in [0.5, 0.6) is 0 Å². The topological polar surface area (TPSA) is 75.6 Å². The summed E-state index contributed by atoms with van der Waals surface area (Å²) in [6, 6.07) is 8.41. The molecule has 0 bridgehead atoms. The fourth-order valence-electron chi connectivity index (χ4n) is 4.67. The van der Waals surface area contributed by atoms with Crippen molar-refractivity contribution in [3.8, 4) is 0 Å². The summed E-state index contributed by atoms with van der Waals surface area (Å²) in [5, 5.41) is 0. The molecule has 32 heavy (non-hydrogen) atoms. The van der Waals surface area contributed by atoms with Crippen molar-refractivity contribution < 1.29 is 14.3 Å². The second kappa shape index (κ2) is 9.77. The first kappa shape index (κ1) is 22.4. The Morgan fingerprint density at radius 1 is 1.22 bits per heavy atom. The summed E-state index contributed by atoms with van der Waals surface area (Å²) in [6.07, 6.45) is 3.21. The van der Waals surface area contributed by atoms with Crippen molar-refractivity contribution in [1.82, 2.24) is 14.9 Å². The Labute approximate surface area is 189 Å². The molecule has 3 heterocycles. The molecule has 2 amide bonds. The van der Waals surface area contributed by atoms with E-state index in [0.717, 1.165) is 35.7 Å². The third-order valence-corrected chi connectivity index (χ3v) is 6.49. The molecule has 0 saturated carbocycles. The van der Waals surface area contributed by atoms with E-state index in [1.54, 1.807) is 7.11 Å². The maximum Gasteiger partial charge on any atom is 0.228 e. The number of ether oxygens (including phenoxy) is 1. The van der Waals surface area contributed by atoms with Crippen LogP contribution in [0.25, 0.3) is 0 Å². The first-order valence-electron chi connectivity index (χ1n) is 11.5. The van der Waals surface area contributed by atoms with Crippen LogP contribution >= 0.6 is 0 Å². The van der Waals surface area contributed by atoms with Crippen LogP contribution in [0, 0.1) is 13.8 Å². The van der Waals surface area contributed by atoms with Crippen molar-refractivity contribution in [2.75, 3.05) is 38.3 Å². The molecule has 2 aromatic rings. The first-order valence-corrected chi connectivity index (χ1v) is 11.5. The van der Waals surface area contributed by atoms with E-state index in [1.807, 2.05) is 16.7 Å². The predicted octanol–water partition coefficient (Wildman–Crippen LogP) is 2.97. The van der Waals surface area contributed by atoms with Crippen LogP contribution in [-0.2, 0) is 27.2 Å². The molecule has 7 heteroatoms. The molecular weight excluding hydrogens is 404 g/mol. The van der Waals surface area contributed by atoms with Crippen LogP contribution in [0.1, 0.15) is 53.4 Å². The number of carbonyl (C=O) groups excluding carboxylic acids is 2. The molecule has 0 aliphatic carbocycles.